The van der Waals surface area contributed by atoms with Gasteiger partial charge in [0.1, 0.15) is 18.3 Å². The summed E-state index contributed by atoms with van der Waals surface area (Å²) < 4.78 is 7.42. The molecular formula is C21H21N3O6. The van der Waals surface area contributed by atoms with Crippen LogP contribution in [-0.2, 0) is 11.3 Å². The molecule has 3 aromatic rings. The molecule has 0 amide bonds. The minimum absolute atomic E-state index is 0.0754. The molecule has 1 aromatic carbocycles. The van der Waals surface area contributed by atoms with Gasteiger partial charge in [-0.1, -0.05) is 36.4 Å². The number of pyridine rings is 1. The van der Waals surface area contributed by atoms with Gasteiger partial charge in [0.05, 0.1) is 24.5 Å². The molecule has 3 N–H and O–H groups in total. The number of benzene rings is 1. The molecule has 0 bridgehead atoms. The van der Waals surface area contributed by atoms with Crippen molar-refractivity contribution >= 4 is 0 Å². The third-order valence-electron chi connectivity index (χ3n) is 5.08. The third-order valence-corrected chi connectivity index (χ3v) is 5.08. The summed E-state index contributed by atoms with van der Waals surface area (Å²) in [5, 5.41) is 29.4. The highest BCUT2D eigenvalue weighted by Crippen LogP contribution is 2.27. The summed E-state index contributed by atoms with van der Waals surface area (Å²) in [6.07, 6.45) is -3.82. The van der Waals surface area contributed by atoms with E-state index in [0.29, 0.717) is 11.4 Å². The number of aliphatic hydroxyl groups is 3. The van der Waals surface area contributed by atoms with Crippen LogP contribution < -0.4 is 11.2 Å². The molecule has 0 spiro atoms. The number of rotatable bonds is 5. The van der Waals surface area contributed by atoms with Crippen molar-refractivity contribution in [2.75, 3.05) is 6.61 Å². The molecule has 0 saturated carbocycles. The van der Waals surface area contributed by atoms with Crippen LogP contribution >= 0.6 is 0 Å². The van der Waals surface area contributed by atoms with Gasteiger partial charge in [-0.2, -0.15) is 0 Å². The first-order valence-corrected chi connectivity index (χ1v) is 9.45. The molecule has 9 nitrogen and oxygen atoms in total. The van der Waals surface area contributed by atoms with Gasteiger partial charge in [0, 0.05) is 17.8 Å². The monoisotopic (exact) mass is 411 g/mol. The van der Waals surface area contributed by atoms with Crippen molar-refractivity contribution in [1.82, 2.24) is 14.1 Å². The van der Waals surface area contributed by atoms with Gasteiger partial charge in [-0.25, -0.2) is 4.79 Å². The highest BCUT2D eigenvalue weighted by atomic mass is 16.6. The van der Waals surface area contributed by atoms with E-state index in [1.54, 1.807) is 12.1 Å². The Kier molecular flexibility index (Phi) is 5.60. The zero-order valence-electron chi connectivity index (χ0n) is 15.9. The lowest BCUT2D eigenvalue weighted by atomic mass is 10.1. The Morgan fingerprint density at radius 3 is 2.43 bits per heavy atom. The number of ether oxygens (including phenoxy) is 1. The van der Waals surface area contributed by atoms with E-state index >= 15 is 0 Å². The molecule has 1 aliphatic rings. The Hall–Kier alpha value is -3.11. The molecular weight excluding hydrogens is 390 g/mol. The largest absolute Gasteiger partial charge is 0.394 e. The molecule has 4 atom stereocenters. The lowest BCUT2D eigenvalue weighted by molar-refractivity contribution is -0.0555. The van der Waals surface area contributed by atoms with Crippen molar-refractivity contribution in [2.45, 2.75) is 31.1 Å². The van der Waals surface area contributed by atoms with Gasteiger partial charge >= 0.3 is 5.69 Å². The minimum atomic E-state index is -1.43. The van der Waals surface area contributed by atoms with Gasteiger partial charge in [0.15, 0.2) is 6.23 Å². The normalized spacial score (nSPS) is 23.6. The van der Waals surface area contributed by atoms with Crippen LogP contribution in [0.1, 0.15) is 11.9 Å². The zero-order valence-corrected chi connectivity index (χ0v) is 15.9. The molecule has 9 heteroatoms. The lowest BCUT2D eigenvalue weighted by Gasteiger charge is -2.18. The zero-order chi connectivity index (χ0) is 21.3. The molecule has 1 saturated heterocycles. The highest BCUT2D eigenvalue weighted by molar-refractivity contribution is 5.58. The molecule has 156 valence electrons. The predicted molar refractivity (Wildman–Crippen MR) is 107 cm³/mol. The van der Waals surface area contributed by atoms with E-state index in [2.05, 4.69) is 4.98 Å². The summed E-state index contributed by atoms with van der Waals surface area (Å²) in [6.45, 7) is -0.590. The van der Waals surface area contributed by atoms with E-state index in [1.165, 1.54) is 12.3 Å². The van der Waals surface area contributed by atoms with Gasteiger partial charge in [0.25, 0.3) is 5.56 Å². The van der Waals surface area contributed by atoms with Crippen LogP contribution in [-0.4, -0.2) is 54.4 Å². The third kappa shape index (κ3) is 3.71. The van der Waals surface area contributed by atoms with Crippen LogP contribution in [0.15, 0.2) is 70.4 Å². The maximum atomic E-state index is 12.9. The van der Waals surface area contributed by atoms with Crippen molar-refractivity contribution in [2.24, 2.45) is 0 Å². The van der Waals surface area contributed by atoms with Crippen molar-refractivity contribution in [1.29, 1.82) is 0 Å². The first-order chi connectivity index (χ1) is 14.5. The van der Waals surface area contributed by atoms with E-state index in [1.807, 2.05) is 36.4 Å². The molecule has 30 heavy (non-hydrogen) atoms. The molecule has 4 rings (SSSR count). The van der Waals surface area contributed by atoms with Gasteiger partial charge < -0.3 is 20.1 Å². The van der Waals surface area contributed by atoms with Crippen molar-refractivity contribution in [3.63, 3.8) is 0 Å². The summed E-state index contributed by atoms with van der Waals surface area (Å²) in [5.74, 6) is 0. The Bertz CT molecular complexity index is 1140. The fourth-order valence-corrected chi connectivity index (χ4v) is 3.48. The average molecular weight is 411 g/mol. The summed E-state index contributed by atoms with van der Waals surface area (Å²) >= 11 is 0. The van der Waals surface area contributed by atoms with E-state index in [4.69, 9.17) is 4.74 Å². The van der Waals surface area contributed by atoms with Crippen LogP contribution in [0.5, 0.6) is 0 Å². The lowest BCUT2D eigenvalue weighted by Crippen LogP contribution is -2.43. The van der Waals surface area contributed by atoms with E-state index < -0.39 is 42.4 Å². The maximum absolute atomic E-state index is 12.9. The number of aromatic nitrogens is 3. The molecule has 0 radical (unpaired) electrons. The Labute approximate surface area is 171 Å². The molecule has 2 aromatic heterocycles. The number of hydrogen-bond acceptors (Lipinski definition) is 7. The van der Waals surface area contributed by atoms with Crippen LogP contribution in [0.2, 0.25) is 0 Å². The van der Waals surface area contributed by atoms with E-state index in [9.17, 15) is 24.9 Å². The molecule has 3 heterocycles. The Balaban J connectivity index is 1.67. The second-order valence-electron chi connectivity index (χ2n) is 7.04. The predicted octanol–water partition coefficient (Wildman–Crippen LogP) is -0.268. The summed E-state index contributed by atoms with van der Waals surface area (Å²) in [7, 11) is 0. The summed E-state index contributed by atoms with van der Waals surface area (Å²) in [5.41, 5.74) is 0.873. The first kappa shape index (κ1) is 20.2. The van der Waals surface area contributed by atoms with Crippen LogP contribution in [0.25, 0.3) is 11.3 Å². The van der Waals surface area contributed by atoms with Crippen LogP contribution in [0.3, 0.4) is 0 Å². The number of hydrogen-bond donors (Lipinski definition) is 3. The minimum Gasteiger partial charge on any atom is -0.394 e. The molecule has 2 unspecified atom stereocenters. The quantitative estimate of drug-likeness (QED) is 0.528. The number of aliphatic hydroxyl groups excluding tert-OH is 3. The number of nitrogens with zero attached hydrogens (tertiary/aromatic N) is 3. The summed E-state index contributed by atoms with van der Waals surface area (Å²) in [4.78, 5) is 29.8. The van der Waals surface area contributed by atoms with Gasteiger partial charge in [0.2, 0.25) is 0 Å². The van der Waals surface area contributed by atoms with Crippen molar-refractivity contribution in [3.8, 4) is 11.3 Å². The SMILES string of the molecule is O=c1ccn([C@@H]2O[C@H](CO)C(O)C2O)c(=O)n1Cc1cccc(-c2ccccc2)n1. The Morgan fingerprint density at radius 2 is 1.73 bits per heavy atom. The topological polar surface area (TPSA) is 127 Å². The van der Waals surface area contributed by atoms with Crippen LogP contribution in [0, 0.1) is 0 Å². The van der Waals surface area contributed by atoms with Crippen molar-refractivity contribution < 1.29 is 20.1 Å². The van der Waals surface area contributed by atoms with Gasteiger partial charge in [-0.15, -0.1) is 0 Å². The average Bonchev–Trinajstić information content (AvgIpc) is 3.06. The van der Waals surface area contributed by atoms with E-state index in [-0.39, 0.29) is 6.54 Å². The second-order valence-corrected chi connectivity index (χ2v) is 7.04. The second kappa shape index (κ2) is 8.33. The van der Waals surface area contributed by atoms with Gasteiger partial charge in [-0.3, -0.25) is 18.9 Å². The van der Waals surface area contributed by atoms with Crippen LogP contribution in [0.4, 0.5) is 0 Å². The molecule has 0 aliphatic carbocycles. The van der Waals surface area contributed by atoms with Crippen molar-refractivity contribution in [3.05, 3.63) is 87.3 Å². The van der Waals surface area contributed by atoms with Gasteiger partial charge in [-0.05, 0) is 12.1 Å². The standard InChI is InChI=1S/C21H21N3O6/c25-12-16-18(27)19(28)20(30-16)23-10-9-17(26)24(21(23)29)11-14-7-4-8-15(22-14)13-5-2-1-3-6-13/h1-10,16,18-20,25,27-28H,11-12H2/t16-,18?,19?,20-/m1/s1. The fourth-order valence-electron chi connectivity index (χ4n) is 3.48. The smallest absolute Gasteiger partial charge is 0.333 e. The highest BCUT2D eigenvalue weighted by Gasteiger charge is 2.43. The summed E-state index contributed by atoms with van der Waals surface area (Å²) in [6, 6.07) is 16.0. The first-order valence-electron chi connectivity index (χ1n) is 9.45. The maximum Gasteiger partial charge on any atom is 0.333 e. The molecule has 1 aliphatic heterocycles. The Morgan fingerprint density at radius 1 is 0.967 bits per heavy atom. The molecule has 1 fully saturated rings. The fraction of sp³-hybridized carbons (Fsp3) is 0.286. The van der Waals surface area contributed by atoms with E-state index in [0.717, 1.165) is 14.7 Å².